The maximum atomic E-state index is 12.1. The molecule has 0 aliphatic rings. The van der Waals surface area contributed by atoms with Crippen molar-refractivity contribution in [1.82, 2.24) is 10.2 Å². The second-order valence-electron chi connectivity index (χ2n) is 3.37. The number of sulfonamides is 1. The first kappa shape index (κ1) is 13.6. The molecule has 0 saturated heterocycles. The fourth-order valence-electron chi connectivity index (χ4n) is 1.38. The van der Waals surface area contributed by atoms with Gasteiger partial charge in [0.25, 0.3) is 10.0 Å². The van der Waals surface area contributed by atoms with Crippen molar-refractivity contribution >= 4 is 26.5 Å². The summed E-state index contributed by atoms with van der Waals surface area (Å²) >= 11 is 1.09. The van der Waals surface area contributed by atoms with Gasteiger partial charge in [0.2, 0.25) is 5.13 Å². The molecule has 0 radical (unpaired) electrons. The molecule has 0 aliphatic heterocycles. The molecule has 2 aromatic rings. The Kier molecular flexibility index (Phi) is 3.86. The van der Waals surface area contributed by atoms with Crippen LogP contribution in [0.3, 0.4) is 0 Å². The molecule has 9 heteroatoms. The highest BCUT2D eigenvalue weighted by molar-refractivity contribution is 7.93. The average Bonchev–Trinajstić information content (AvgIpc) is 2.89. The summed E-state index contributed by atoms with van der Waals surface area (Å²) < 4.78 is 36.6. The van der Waals surface area contributed by atoms with Crippen LogP contribution in [-0.2, 0) is 10.0 Å². The van der Waals surface area contributed by atoms with Crippen LogP contribution in [0.2, 0.25) is 0 Å². The second kappa shape index (κ2) is 5.41. The molecule has 1 N–H and O–H groups in total. The standard InChI is InChI=1S/C10H11N3O4S2/c1-16-8-4-3-7(5-9(8)17-2)19(14,15)13-10-12-11-6-18-10/h3-6H,1-2H3,(H,12,13). The van der Waals surface area contributed by atoms with Gasteiger partial charge < -0.3 is 9.47 Å². The minimum atomic E-state index is -3.72. The van der Waals surface area contributed by atoms with Crippen molar-refractivity contribution in [2.75, 3.05) is 18.9 Å². The first-order valence-corrected chi connectivity index (χ1v) is 7.44. The average molecular weight is 301 g/mol. The monoisotopic (exact) mass is 301 g/mol. The Balaban J connectivity index is 2.35. The number of ether oxygens (including phenoxy) is 2. The highest BCUT2D eigenvalue weighted by atomic mass is 32.2. The fraction of sp³-hybridized carbons (Fsp3) is 0.200. The SMILES string of the molecule is COc1ccc(S(=O)(=O)Nc2nncs2)cc1OC. The van der Waals surface area contributed by atoms with E-state index in [-0.39, 0.29) is 10.0 Å². The predicted octanol–water partition coefficient (Wildman–Crippen LogP) is 1.36. The summed E-state index contributed by atoms with van der Waals surface area (Å²) in [6.07, 6.45) is 0. The highest BCUT2D eigenvalue weighted by Gasteiger charge is 2.18. The summed E-state index contributed by atoms with van der Waals surface area (Å²) in [6.45, 7) is 0. The Morgan fingerprint density at radius 1 is 1.21 bits per heavy atom. The molecule has 2 rings (SSSR count). The van der Waals surface area contributed by atoms with Gasteiger partial charge in [0.1, 0.15) is 5.51 Å². The van der Waals surface area contributed by atoms with Gasteiger partial charge in [0, 0.05) is 6.07 Å². The van der Waals surface area contributed by atoms with E-state index in [1.807, 2.05) is 0 Å². The van der Waals surface area contributed by atoms with Crippen LogP contribution in [-0.4, -0.2) is 32.8 Å². The highest BCUT2D eigenvalue weighted by Crippen LogP contribution is 2.30. The Bertz CT molecular complexity index is 655. The van der Waals surface area contributed by atoms with Crippen molar-refractivity contribution < 1.29 is 17.9 Å². The molecule has 0 bridgehead atoms. The molecule has 1 aromatic heterocycles. The molecule has 0 aliphatic carbocycles. The van der Waals surface area contributed by atoms with Gasteiger partial charge in [-0.2, -0.15) is 0 Å². The van der Waals surface area contributed by atoms with Crippen LogP contribution in [0.25, 0.3) is 0 Å². The third kappa shape index (κ3) is 2.93. The quantitative estimate of drug-likeness (QED) is 0.896. The topological polar surface area (TPSA) is 90.4 Å². The zero-order chi connectivity index (χ0) is 13.9. The van der Waals surface area contributed by atoms with Crippen LogP contribution >= 0.6 is 11.3 Å². The number of rotatable bonds is 5. The van der Waals surface area contributed by atoms with Crippen molar-refractivity contribution in [1.29, 1.82) is 0 Å². The van der Waals surface area contributed by atoms with Gasteiger partial charge in [0.15, 0.2) is 11.5 Å². The fourth-order valence-corrected chi connectivity index (χ4v) is 3.08. The predicted molar refractivity (Wildman–Crippen MR) is 70.3 cm³/mol. The van der Waals surface area contributed by atoms with Crippen LogP contribution in [0.15, 0.2) is 28.6 Å². The van der Waals surface area contributed by atoms with Crippen LogP contribution in [0.4, 0.5) is 5.13 Å². The van der Waals surface area contributed by atoms with Crippen molar-refractivity contribution in [3.05, 3.63) is 23.7 Å². The van der Waals surface area contributed by atoms with Gasteiger partial charge in [0.05, 0.1) is 19.1 Å². The summed E-state index contributed by atoms with van der Waals surface area (Å²) in [5.41, 5.74) is 1.44. The summed E-state index contributed by atoms with van der Waals surface area (Å²) in [5.74, 6) is 0.792. The molecule has 0 spiro atoms. The molecule has 7 nitrogen and oxygen atoms in total. The van der Waals surface area contributed by atoms with Crippen molar-refractivity contribution in [3.8, 4) is 11.5 Å². The van der Waals surface area contributed by atoms with Gasteiger partial charge in [-0.1, -0.05) is 11.3 Å². The van der Waals surface area contributed by atoms with Crippen LogP contribution < -0.4 is 14.2 Å². The summed E-state index contributed by atoms with van der Waals surface area (Å²) in [6, 6.07) is 4.32. The van der Waals surface area contributed by atoms with E-state index in [1.54, 1.807) is 0 Å². The lowest BCUT2D eigenvalue weighted by Crippen LogP contribution is -2.13. The minimum Gasteiger partial charge on any atom is -0.493 e. The van der Waals surface area contributed by atoms with E-state index in [2.05, 4.69) is 14.9 Å². The van der Waals surface area contributed by atoms with E-state index in [4.69, 9.17) is 9.47 Å². The number of benzene rings is 1. The Morgan fingerprint density at radius 3 is 2.53 bits per heavy atom. The number of nitrogens with one attached hydrogen (secondary N) is 1. The Hall–Kier alpha value is -1.87. The lowest BCUT2D eigenvalue weighted by molar-refractivity contribution is 0.354. The van der Waals surface area contributed by atoms with E-state index >= 15 is 0 Å². The normalized spacial score (nSPS) is 11.1. The van der Waals surface area contributed by atoms with E-state index in [9.17, 15) is 8.42 Å². The molecule has 1 aromatic carbocycles. The minimum absolute atomic E-state index is 0.0559. The van der Waals surface area contributed by atoms with E-state index < -0.39 is 10.0 Å². The van der Waals surface area contributed by atoms with E-state index in [0.29, 0.717) is 11.5 Å². The first-order chi connectivity index (χ1) is 9.06. The van der Waals surface area contributed by atoms with Gasteiger partial charge in [-0.05, 0) is 12.1 Å². The molecule has 0 unspecified atom stereocenters. The number of hydrogen-bond donors (Lipinski definition) is 1. The molecule has 0 amide bonds. The van der Waals surface area contributed by atoms with Crippen LogP contribution in [0, 0.1) is 0 Å². The molecule has 0 saturated carbocycles. The lowest BCUT2D eigenvalue weighted by Gasteiger charge is -2.10. The van der Waals surface area contributed by atoms with Gasteiger partial charge >= 0.3 is 0 Å². The van der Waals surface area contributed by atoms with Gasteiger partial charge in [-0.3, -0.25) is 4.72 Å². The van der Waals surface area contributed by atoms with Crippen molar-refractivity contribution in [3.63, 3.8) is 0 Å². The number of methoxy groups -OCH3 is 2. The number of nitrogens with zero attached hydrogens (tertiary/aromatic N) is 2. The lowest BCUT2D eigenvalue weighted by atomic mass is 10.3. The molecular weight excluding hydrogens is 290 g/mol. The van der Waals surface area contributed by atoms with Crippen molar-refractivity contribution in [2.45, 2.75) is 4.90 Å². The van der Waals surface area contributed by atoms with Gasteiger partial charge in [-0.15, -0.1) is 10.2 Å². The largest absolute Gasteiger partial charge is 0.493 e. The molecule has 1 heterocycles. The summed E-state index contributed by atoms with van der Waals surface area (Å²) in [4.78, 5) is 0.0559. The summed E-state index contributed by atoms with van der Waals surface area (Å²) in [5, 5.41) is 7.39. The maximum absolute atomic E-state index is 12.1. The first-order valence-electron chi connectivity index (χ1n) is 5.08. The maximum Gasteiger partial charge on any atom is 0.263 e. The zero-order valence-electron chi connectivity index (χ0n) is 10.2. The van der Waals surface area contributed by atoms with Crippen LogP contribution in [0.1, 0.15) is 0 Å². The third-order valence-corrected chi connectivity index (χ3v) is 4.32. The molecule has 102 valence electrons. The smallest absolute Gasteiger partial charge is 0.263 e. The molecule has 19 heavy (non-hydrogen) atoms. The number of anilines is 1. The molecular formula is C10H11N3O4S2. The number of hydrogen-bond acceptors (Lipinski definition) is 7. The zero-order valence-corrected chi connectivity index (χ0v) is 11.8. The third-order valence-electron chi connectivity index (χ3n) is 2.25. The molecule has 0 atom stereocenters. The van der Waals surface area contributed by atoms with Gasteiger partial charge in [-0.25, -0.2) is 8.42 Å². The van der Waals surface area contributed by atoms with Crippen molar-refractivity contribution in [2.24, 2.45) is 0 Å². The Labute approximate surface area is 114 Å². The molecule has 0 fully saturated rings. The second-order valence-corrected chi connectivity index (χ2v) is 5.88. The van der Waals surface area contributed by atoms with E-state index in [1.165, 1.54) is 37.9 Å². The summed E-state index contributed by atoms with van der Waals surface area (Å²) in [7, 11) is -0.804. The number of aromatic nitrogens is 2. The Morgan fingerprint density at radius 2 is 1.95 bits per heavy atom. The van der Waals surface area contributed by atoms with Crippen LogP contribution in [0.5, 0.6) is 11.5 Å². The van der Waals surface area contributed by atoms with E-state index in [0.717, 1.165) is 11.3 Å².